The van der Waals surface area contributed by atoms with Gasteiger partial charge in [-0.25, -0.2) is 4.79 Å². The fraction of sp³-hybridized carbons (Fsp3) is 0.750. The van der Waals surface area contributed by atoms with Crippen LogP contribution in [0.4, 0.5) is 0 Å². The Morgan fingerprint density at radius 1 is 1.44 bits per heavy atom. The lowest BCUT2D eigenvalue weighted by Gasteiger charge is -2.33. The fourth-order valence-corrected chi connectivity index (χ4v) is 3.02. The molecule has 0 aliphatic carbocycles. The first-order chi connectivity index (χ1) is 6.81. The summed E-state index contributed by atoms with van der Waals surface area (Å²) in [7, 11) is -1.13. The van der Waals surface area contributed by atoms with E-state index in [0.29, 0.717) is 5.57 Å². The highest BCUT2D eigenvalue weighted by molar-refractivity contribution is 7.74. The molecule has 0 aromatic heterocycles. The molecule has 0 heterocycles. The molecule has 0 N–H and O–H groups in total. The summed E-state index contributed by atoms with van der Waals surface area (Å²) in [5.41, 5.74) is 0.484. The zero-order valence-corrected chi connectivity index (χ0v) is 12.8. The Morgan fingerprint density at radius 3 is 2.31 bits per heavy atom. The highest BCUT2D eigenvalue weighted by atomic mass is 35.5. The van der Waals surface area contributed by atoms with Gasteiger partial charge in [0.2, 0.25) is 0 Å². The maximum atomic E-state index is 11.4. The SMILES string of the molecule is C=C(C)C(=O)OC(C)[P](C)(C)CCCC.Cl. The van der Waals surface area contributed by atoms with Crippen LogP contribution in [0.2, 0.25) is 0 Å². The van der Waals surface area contributed by atoms with Crippen molar-refractivity contribution in [3.63, 3.8) is 0 Å². The Balaban J connectivity index is 0. The highest BCUT2D eigenvalue weighted by Crippen LogP contribution is 2.57. The number of unbranched alkanes of at least 4 members (excludes halogenated alkanes) is 1. The molecular weight excluding hydrogens is 243 g/mol. The van der Waals surface area contributed by atoms with Gasteiger partial charge in [0.15, 0.2) is 0 Å². The third-order valence-electron chi connectivity index (χ3n) is 2.70. The molecule has 0 spiro atoms. The number of rotatable bonds is 6. The van der Waals surface area contributed by atoms with E-state index in [4.69, 9.17) is 4.74 Å². The van der Waals surface area contributed by atoms with Crippen molar-refractivity contribution in [3.05, 3.63) is 12.2 Å². The zero-order valence-electron chi connectivity index (χ0n) is 11.1. The normalized spacial score (nSPS) is 12.6. The average molecular weight is 268 g/mol. The molecule has 0 aliphatic rings. The second kappa shape index (κ2) is 8.08. The van der Waals surface area contributed by atoms with Crippen molar-refractivity contribution in [1.29, 1.82) is 0 Å². The van der Waals surface area contributed by atoms with Gasteiger partial charge in [0.05, 0.1) is 0 Å². The molecule has 0 fully saturated rings. The Bertz CT molecular complexity index is 239. The first-order valence-electron chi connectivity index (χ1n) is 5.50. The minimum Gasteiger partial charge on any atom is -0.455 e. The third kappa shape index (κ3) is 6.50. The molecule has 0 aromatic rings. The number of carbonyl (C=O) groups excluding carboxylic acids is 1. The van der Waals surface area contributed by atoms with Crippen molar-refractivity contribution in [2.45, 2.75) is 39.5 Å². The topological polar surface area (TPSA) is 26.3 Å². The average Bonchev–Trinajstić information content (AvgIpc) is 2.14. The van der Waals surface area contributed by atoms with Crippen LogP contribution in [0.5, 0.6) is 0 Å². The predicted octanol–water partition coefficient (Wildman–Crippen LogP) is 3.95. The number of halogens is 1. The summed E-state index contributed by atoms with van der Waals surface area (Å²) >= 11 is 0. The lowest BCUT2D eigenvalue weighted by molar-refractivity contribution is -0.140. The first-order valence-corrected chi connectivity index (χ1v) is 8.44. The van der Waals surface area contributed by atoms with Crippen molar-refractivity contribution in [1.82, 2.24) is 0 Å². The van der Waals surface area contributed by atoms with Gasteiger partial charge in [-0.05, 0) is 39.8 Å². The van der Waals surface area contributed by atoms with E-state index in [1.165, 1.54) is 19.0 Å². The van der Waals surface area contributed by atoms with E-state index >= 15 is 0 Å². The molecule has 97 valence electrons. The van der Waals surface area contributed by atoms with E-state index < -0.39 is 7.26 Å². The number of hydrogen-bond donors (Lipinski definition) is 0. The van der Waals surface area contributed by atoms with Crippen LogP contribution in [0.1, 0.15) is 33.6 Å². The smallest absolute Gasteiger partial charge is 0.333 e. The van der Waals surface area contributed by atoms with E-state index in [9.17, 15) is 4.79 Å². The van der Waals surface area contributed by atoms with Gasteiger partial charge in [-0.2, -0.15) is 0 Å². The summed E-state index contributed by atoms with van der Waals surface area (Å²) in [6.07, 6.45) is 3.61. The monoisotopic (exact) mass is 267 g/mol. The number of ether oxygens (including phenoxy) is 1. The van der Waals surface area contributed by atoms with Crippen LogP contribution in [0, 0.1) is 0 Å². The van der Waals surface area contributed by atoms with E-state index in [0.717, 1.165) is 0 Å². The van der Waals surface area contributed by atoms with E-state index in [-0.39, 0.29) is 24.2 Å². The first kappa shape index (κ1) is 18.3. The molecule has 4 heteroatoms. The summed E-state index contributed by atoms with van der Waals surface area (Å²) in [5.74, 6) is -0.208. The molecule has 0 saturated heterocycles. The van der Waals surface area contributed by atoms with Crippen molar-refractivity contribution in [2.75, 3.05) is 19.5 Å². The van der Waals surface area contributed by atoms with Gasteiger partial charge in [0.25, 0.3) is 0 Å². The molecule has 2 nitrogen and oxygen atoms in total. The fourth-order valence-electron chi connectivity index (χ4n) is 1.15. The highest BCUT2D eigenvalue weighted by Gasteiger charge is 2.26. The summed E-state index contributed by atoms with van der Waals surface area (Å²) in [4.78, 5) is 11.4. The van der Waals surface area contributed by atoms with Gasteiger partial charge in [-0.1, -0.05) is 27.2 Å². The lowest BCUT2D eigenvalue weighted by atomic mass is 10.4. The largest absolute Gasteiger partial charge is 0.455 e. The molecule has 0 saturated carbocycles. The molecule has 0 amide bonds. The second-order valence-corrected chi connectivity index (χ2v) is 9.37. The van der Waals surface area contributed by atoms with E-state index in [1.54, 1.807) is 6.92 Å². The van der Waals surface area contributed by atoms with Gasteiger partial charge in [-0.3, -0.25) is 0 Å². The Morgan fingerprint density at radius 2 is 1.94 bits per heavy atom. The summed E-state index contributed by atoms with van der Waals surface area (Å²) in [5, 5.41) is 0. The Hall–Kier alpha value is -0.0700. The number of esters is 1. The quantitative estimate of drug-likeness (QED) is 0.414. The Kier molecular flexibility index (Phi) is 9.25. The minimum atomic E-state index is -1.13. The maximum absolute atomic E-state index is 11.4. The van der Waals surface area contributed by atoms with Crippen LogP contribution in [0.25, 0.3) is 0 Å². The summed E-state index contributed by atoms with van der Waals surface area (Å²) in [6.45, 7) is 14.0. The van der Waals surface area contributed by atoms with Crippen LogP contribution < -0.4 is 0 Å². The van der Waals surface area contributed by atoms with Gasteiger partial charge in [0.1, 0.15) is 5.85 Å². The van der Waals surface area contributed by atoms with E-state index in [1.807, 2.05) is 6.92 Å². The Labute approximate surface area is 107 Å². The van der Waals surface area contributed by atoms with Gasteiger partial charge in [0, 0.05) is 5.57 Å². The van der Waals surface area contributed by atoms with Crippen molar-refractivity contribution in [2.24, 2.45) is 0 Å². The minimum absolute atomic E-state index is 0. The van der Waals surface area contributed by atoms with Gasteiger partial charge < -0.3 is 4.74 Å². The van der Waals surface area contributed by atoms with Crippen LogP contribution in [-0.4, -0.2) is 31.3 Å². The molecular formula is C12H25ClO2P. The maximum Gasteiger partial charge on any atom is 0.333 e. The number of hydrogen-bond acceptors (Lipinski definition) is 2. The van der Waals surface area contributed by atoms with Crippen LogP contribution in [0.3, 0.4) is 0 Å². The summed E-state index contributed by atoms with van der Waals surface area (Å²) < 4.78 is 5.38. The van der Waals surface area contributed by atoms with Crippen molar-refractivity contribution in [3.8, 4) is 0 Å². The summed E-state index contributed by atoms with van der Waals surface area (Å²) in [6, 6.07) is 0. The molecule has 0 aliphatic heterocycles. The molecule has 1 atom stereocenters. The zero-order chi connectivity index (χ0) is 12.1. The number of carbonyl (C=O) groups is 1. The molecule has 1 radical (unpaired) electrons. The van der Waals surface area contributed by atoms with Crippen molar-refractivity contribution >= 4 is 25.6 Å². The van der Waals surface area contributed by atoms with Crippen molar-refractivity contribution < 1.29 is 9.53 Å². The standard InChI is InChI=1S/C12H24O2P.ClH/c1-7-8-9-15(5,6)11(4)14-12(13)10(2)3;/h11H,2,7-9H2,1,3-6H3;1H. The van der Waals surface area contributed by atoms with Gasteiger partial charge in [-0.15, -0.1) is 12.4 Å². The molecule has 0 rings (SSSR count). The molecule has 0 aromatic carbocycles. The van der Waals surface area contributed by atoms with E-state index in [2.05, 4.69) is 26.8 Å². The molecule has 16 heavy (non-hydrogen) atoms. The molecule has 1 unspecified atom stereocenters. The van der Waals surface area contributed by atoms with Crippen LogP contribution in [0.15, 0.2) is 12.2 Å². The van der Waals surface area contributed by atoms with Gasteiger partial charge >= 0.3 is 5.97 Å². The third-order valence-corrected chi connectivity index (χ3v) is 6.24. The lowest BCUT2D eigenvalue weighted by Crippen LogP contribution is -2.19. The van der Waals surface area contributed by atoms with Crippen LogP contribution in [-0.2, 0) is 9.53 Å². The predicted molar refractivity (Wildman–Crippen MR) is 76.2 cm³/mol. The molecule has 0 bridgehead atoms. The van der Waals surface area contributed by atoms with Crippen LogP contribution >= 0.6 is 19.7 Å². The second-order valence-electron chi connectivity index (χ2n) is 4.64.